The minimum absolute atomic E-state index is 0.0156. The summed E-state index contributed by atoms with van der Waals surface area (Å²) in [6, 6.07) is 7.20. The van der Waals surface area contributed by atoms with Crippen LogP contribution in [0.25, 0.3) is 11.3 Å². The molecule has 19 heavy (non-hydrogen) atoms. The standard InChI is InChI=1S/C13H15N3O3/c1-8(2)16-12(11(13(17)18)14-15-16)9-5-4-6-10(7-9)19-3/h4-8H,1-3H3,(H,17,18). The van der Waals surface area contributed by atoms with Gasteiger partial charge in [0.25, 0.3) is 0 Å². The summed E-state index contributed by atoms with van der Waals surface area (Å²) in [6.45, 7) is 3.84. The maximum Gasteiger partial charge on any atom is 0.358 e. The van der Waals surface area contributed by atoms with Gasteiger partial charge in [0.05, 0.1) is 7.11 Å². The molecule has 6 nitrogen and oxygen atoms in total. The molecule has 0 aliphatic carbocycles. The van der Waals surface area contributed by atoms with Crippen LogP contribution in [0.2, 0.25) is 0 Å². The zero-order chi connectivity index (χ0) is 14.0. The lowest BCUT2D eigenvalue weighted by molar-refractivity contribution is 0.0691. The van der Waals surface area contributed by atoms with E-state index in [-0.39, 0.29) is 11.7 Å². The maximum atomic E-state index is 11.2. The van der Waals surface area contributed by atoms with Crippen LogP contribution >= 0.6 is 0 Å². The van der Waals surface area contributed by atoms with E-state index in [1.807, 2.05) is 19.9 Å². The molecule has 2 rings (SSSR count). The van der Waals surface area contributed by atoms with Crippen LogP contribution in [-0.4, -0.2) is 33.2 Å². The molecule has 0 aliphatic heterocycles. The van der Waals surface area contributed by atoms with Gasteiger partial charge in [-0.15, -0.1) is 5.10 Å². The summed E-state index contributed by atoms with van der Waals surface area (Å²) in [5.74, 6) is -0.435. The van der Waals surface area contributed by atoms with E-state index in [4.69, 9.17) is 4.74 Å². The molecule has 1 heterocycles. The highest BCUT2D eigenvalue weighted by molar-refractivity contribution is 5.92. The molecule has 0 unspecified atom stereocenters. The van der Waals surface area contributed by atoms with Crippen LogP contribution in [0.4, 0.5) is 0 Å². The van der Waals surface area contributed by atoms with Gasteiger partial charge in [-0.25, -0.2) is 9.48 Å². The van der Waals surface area contributed by atoms with E-state index < -0.39 is 5.97 Å². The van der Waals surface area contributed by atoms with Crippen LogP contribution in [-0.2, 0) is 0 Å². The molecule has 0 amide bonds. The number of carboxylic acids is 1. The molecule has 0 radical (unpaired) electrons. The van der Waals surface area contributed by atoms with Crippen molar-refractivity contribution in [2.75, 3.05) is 7.11 Å². The van der Waals surface area contributed by atoms with E-state index in [2.05, 4.69) is 10.3 Å². The third-order valence-electron chi connectivity index (χ3n) is 2.73. The molecule has 0 saturated heterocycles. The molecule has 1 N–H and O–H groups in total. The third-order valence-corrected chi connectivity index (χ3v) is 2.73. The largest absolute Gasteiger partial charge is 0.497 e. The number of aromatic nitrogens is 3. The second-order valence-electron chi connectivity index (χ2n) is 4.36. The monoisotopic (exact) mass is 261 g/mol. The van der Waals surface area contributed by atoms with Gasteiger partial charge in [0.2, 0.25) is 0 Å². The molecule has 0 spiro atoms. The van der Waals surface area contributed by atoms with E-state index in [0.29, 0.717) is 11.4 Å². The van der Waals surface area contributed by atoms with Crippen molar-refractivity contribution in [2.45, 2.75) is 19.9 Å². The van der Waals surface area contributed by atoms with Gasteiger partial charge in [0, 0.05) is 11.6 Å². The van der Waals surface area contributed by atoms with E-state index in [9.17, 15) is 9.90 Å². The summed E-state index contributed by atoms with van der Waals surface area (Å²) in [5.41, 5.74) is 1.15. The van der Waals surface area contributed by atoms with Crippen LogP contribution in [0.1, 0.15) is 30.4 Å². The van der Waals surface area contributed by atoms with Gasteiger partial charge < -0.3 is 9.84 Å². The number of ether oxygens (including phenoxy) is 1. The first kappa shape index (κ1) is 13.1. The van der Waals surface area contributed by atoms with E-state index >= 15 is 0 Å². The highest BCUT2D eigenvalue weighted by Gasteiger charge is 2.22. The number of rotatable bonds is 4. The smallest absolute Gasteiger partial charge is 0.358 e. The van der Waals surface area contributed by atoms with Crippen LogP contribution in [0.15, 0.2) is 24.3 Å². The topological polar surface area (TPSA) is 77.2 Å². The molecule has 0 saturated carbocycles. The van der Waals surface area contributed by atoms with E-state index in [1.54, 1.807) is 30.0 Å². The fourth-order valence-electron chi connectivity index (χ4n) is 1.84. The molecule has 0 fully saturated rings. The Kier molecular flexibility index (Phi) is 3.50. The maximum absolute atomic E-state index is 11.2. The summed E-state index contributed by atoms with van der Waals surface area (Å²) < 4.78 is 6.75. The fraction of sp³-hybridized carbons (Fsp3) is 0.308. The van der Waals surface area contributed by atoms with Crippen molar-refractivity contribution in [3.8, 4) is 17.0 Å². The van der Waals surface area contributed by atoms with Crippen LogP contribution in [0, 0.1) is 0 Å². The third kappa shape index (κ3) is 2.42. The van der Waals surface area contributed by atoms with Gasteiger partial charge in [-0.1, -0.05) is 17.3 Å². The van der Waals surface area contributed by atoms with Crippen molar-refractivity contribution in [1.82, 2.24) is 15.0 Å². The summed E-state index contributed by atoms with van der Waals surface area (Å²) in [7, 11) is 1.56. The number of carboxylic acid groups (broad SMARTS) is 1. The number of benzene rings is 1. The van der Waals surface area contributed by atoms with Gasteiger partial charge in [0.15, 0.2) is 5.69 Å². The lowest BCUT2D eigenvalue weighted by atomic mass is 10.1. The molecule has 6 heteroatoms. The van der Waals surface area contributed by atoms with Crippen LogP contribution < -0.4 is 4.74 Å². The Hall–Kier alpha value is -2.37. The summed E-state index contributed by atoms with van der Waals surface area (Å²) >= 11 is 0. The number of nitrogens with zero attached hydrogens (tertiary/aromatic N) is 3. The lowest BCUT2D eigenvalue weighted by Crippen LogP contribution is -2.07. The Balaban J connectivity index is 2.64. The van der Waals surface area contributed by atoms with Gasteiger partial charge >= 0.3 is 5.97 Å². The molecule has 0 aliphatic rings. The van der Waals surface area contributed by atoms with Crippen LogP contribution in [0.3, 0.4) is 0 Å². The van der Waals surface area contributed by atoms with E-state index in [0.717, 1.165) is 5.56 Å². The quantitative estimate of drug-likeness (QED) is 0.913. The minimum Gasteiger partial charge on any atom is -0.497 e. The zero-order valence-corrected chi connectivity index (χ0v) is 11.0. The number of carbonyl (C=O) groups is 1. The predicted octanol–water partition coefficient (Wildman–Crippen LogP) is 2.23. The highest BCUT2D eigenvalue weighted by Crippen LogP contribution is 2.27. The Bertz CT molecular complexity index is 605. The Labute approximate surface area is 110 Å². The van der Waals surface area contributed by atoms with Gasteiger partial charge in [0.1, 0.15) is 11.4 Å². The Morgan fingerprint density at radius 1 is 1.42 bits per heavy atom. The molecule has 100 valence electrons. The first-order valence-corrected chi connectivity index (χ1v) is 5.87. The van der Waals surface area contributed by atoms with Crippen molar-refractivity contribution < 1.29 is 14.6 Å². The van der Waals surface area contributed by atoms with Crippen molar-refractivity contribution in [1.29, 1.82) is 0 Å². The SMILES string of the molecule is COc1cccc(-c2c(C(=O)O)nnn2C(C)C)c1. The van der Waals surface area contributed by atoms with E-state index in [1.165, 1.54) is 0 Å². The van der Waals surface area contributed by atoms with Crippen LogP contribution in [0.5, 0.6) is 5.75 Å². The molecule has 0 bridgehead atoms. The molecular weight excluding hydrogens is 246 g/mol. The van der Waals surface area contributed by atoms with Gasteiger partial charge in [-0.3, -0.25) is 0 Å². The Morgan fingerprint density at radius 3 is 2.74 bits per heavy atom. The van der Waals surface area contributed by atoms with Gasteiger partial charge in [-0.05, 0) is 26.0 Å². The van der Waals surface area contributed by atoms with Crippen molar-refractivity contribution >= 4 is 5.97 Å². The van der Waals surface area contributed by atoms with Crippen molar-refractivity contribution in [3.05, 3.63) is 30.0 Å². The second-order valence-corrected chi connectivity index (χ2v) is 4.36. The first-order valence-electron chi connectivity index (χ1n) is 5.87. The molecule has 1 aromatic heterocycles. The second kappa shape index (κ2) is 5.09. The van der Waals surface area contributed by atoms with Gasteiger partial charge in [-0.2, -0.15) is 0 Å². The first-order chi connectivity index (χ1) is 9.04. The number of hydrogen-bond donors (Lipinski definition) is 1. The minimum atomic E-state index is -1.09. The molecular formula is C13H15N3O3. The Morgan fingerprint density at radius 2 is 2.16 bits per heavy atom. The molecule has 1 aromatic carbocycles. The molecule has 0 atom stereocenters. The van der Waals surface area contributed by atoms with Crippen molar-refractivity contribution in [3.63, 3.8) is 0 Å². The predicted molar refractivity (Wildman–Crippen MR) is 69.4 cm³/mol. The number of methoxy groups -OCH3 is 1. The normalized spacial score (nSPS) is 10.7. The zero-order valence-electron chi connectivity index (χ0n) is 11.0. The average molecular weight is 261 g/mol. The summed E-state index contributed by atoms with van der Waals surface area (Å²) in [4.78, 5) is 11.2. The van der Waals surface area contributed by atoms with Crippen molar-refractivity contribution in [2.24, 2.45) is 0 Å². The number of hydrogen-bond acceptors (Lipinski definition) is 4. The highest BCUT2D eigenvalue weighted by atomic mass is 16.5. The summed E-state index contributed by atoms with van der Waals surface area (Å²) in [6.07, 6.45) is 0. The number of aromatic carboxylic acids is 1. The fourth-order valence-corrected chi connectivity index (χ4v) is 1.84. The average Bonchev–Trinajstić information content (AvgIpc) is 2.83. The molecule has 2 aromatic rings. The lowest BCUT2D eigenvalue weighted by Gasteiger charge is -2.11. The summed E-state index contributed by atoms with van der Waals surface area (Å²) in [5, 5.41) is 16.9.